The summed E-state index contributed by atoms with van der Waals surface area (Å²) in [5, 5.41) is 2.53. The van der Waals surface area contributed by atoms with Crippen molar-refractivity contribution in [3.05, 3.63) is 0 Å². The summed E-state index contributed by atoms with van der Waals surface area (Å²) in [4.78, 5) is 22.1. The molecule has 0 rings (SSSR count). The Bertz CT molecular complexity index is 206. The Balaban J connectivity index is 4.23. The molecule has 3 N–H and O–H groups in total. The molecule has 5 heteroatoms. The van der Waals surface area contributed by atoms with Crippen molar-refractivity contribution in [2.24, 2.45) is 11.7 Å². The Labute approximate surface area is 84.0 Å². The largest absolute Gasteiger partial charge is 0.375 e. The summed E-state index contributed by atoms with van der Waals surface area (Å²) in [6.07, 6.45) is 0.779. The van der Waals surface area contributed by atoms with Crippen LogP contribution in [0.15, 0.2) is 0 Å². The van der Waals surface area contributed by atoms with Crippen LogP contribution >= 0.6 is 0 Å². The maximum Gasteiger partial charge on any atom is 0.246 e. The zero-order valence-corrected chi connectivity index (χ0v) is 8.87. The van der Waals surface area contributed by atoms with Gasteiger partial charge < -0.3 is 15.8 Å². The molecule has 2 amide bonds. The average molecular weight is 202 g/mol. The number of ether oxygens (including phenoxy) is 1. The number of amides is 2. The topological polar surface area (TPSA) is 81.4 Å². The maximum absolute atomic E-state index is 11.1. The van der Waals surface area contributed by atoms with Crippen molar-refractivity contribution in [2.75, 3.05) is 13.7 Å². The quantitative estimate of drug-likeness (QED) is 0.617. The first kappa shape index (κ1) is 12.9. The van der Waals surface area contributed by atoms with Crippen molar-refractivity contribution in [3.8, 4) is 0 Å². The minimum Gasteiger partial charge on any atom is -0.375 e. The molecule has 14 heavy (non-hydrogen) atoms. The van der Waals surface area contributed by atoms with E-state index in [4.69, 9.17) is 5.73 Å². The molecule has 0 unspecified atom stereocenters. The van der Waals surface area contributed by atoms with E-state index in [-0.39, 0.29) is 18.4 Å². The second-order valence-corrected chi connectivity index (χ2v) is 3.27. The monoisotopic (exact) mass is 202 g/mol. The van der Waals surface area contributed by atoms with Crippen LogP contribution < -0.4 is 11.1 Å². The predicted molar refractivity (Wildman–Crippen MR) is 52.5 cm³/mol. The van der Waals surface area contributed by atoms with Crippen molar-refractivity contribution in [2.45, 2.75) is 26.3 Å². The summed E-state index contributed by atoms with van der Waals surface area (Å²) < 4.78 is 4.63. The molecule has 0 aliphatic carbocycles. The Morgan fingerprint density at radius 3 is 2.43 bits per heavy atom. The highest BCUT2D eigenvalue weighted by Gasteiger charge is 2.23. The summed E-state index contributed by atoms with van der Waals surface area (Å²) in [5.74, 6) is -0.797. The molecule has 0 fully saturated rings. The number of hydrogen-bond donors (Lipinski definition) is 2. The van der Waals surface area contributed by atoms with E-state index in [1.165, 1.54) is 7.11 Å². The van der Waals surface area contributed by atoms with E-state index >= 15 is 0 Å². The molecule has 0 aromatic carbocycles. The van der Waals surface area contributed by atoms with Crippen molar-refractivity contribution in [1.29, 1.82) is 0 Å². The molecular weight excluding hydrogens is 184 g/mol. The molecule has 0 aliphatic heterocycles. The standard InChI is InChI=1S/C9H18N2O3/c1-4-6(2)8(9(10)13)11-7(12)5-14-3/h6,8H,4-5H2,1-3H3,(H2,10,13)(H,11,12)/t6-,8+/m1/s1. The van der Waals surface area contributed by atoms with Crippen LogP contribution in [0.3, 0.4) is 0 Å². The molecule has 0 aromatic heterocycles. The molecule has 0 saturated carbocycles. The van der Waals surface area contributed by atoms with Crippen LogP contribution in [0.4, 0.5) is 0 Å². The lowest BCUT2D eigenvalue weighted by Gasteiger charge is -2.20. The number of carbonyl (C=O) groups excluding carboxylic acids is 2. The number of rotatable bonds is 6. The molecule has 0 aliphatic rings. The SMILES string of the molecule is CC[C@@H](C)[C@H](NC(=O)COC)C(N)=O. The Kier molecular flexibility index (Phi) is 5.87. The van der Waals surface area contributed by atoms with Gasteiger partial charge in [-0.2, -0.15) is 0 Å². The van der Waals surface area contributed by atoms with E-state index in [0.29, 0.717) is 0 Å². The summed E-state index contributed by atoms with van der Waals surface area (Å²) in [5.41, 5.74) is 5.16. The summed E-state index contributed by atoms with van der Waals surface area (Å²) in [6, 6.07) is -0.609. The number of primary amides is 1. The van der Waals surface area contributed by atoms with Crippen LogP contribution in [0.5, 0.6) is 0 Å². The Morgan fingerprint density at radius 1 is 1.50 bits per heavy atom. The fourth-order valence-corrected chi connectivity index (χ4v) is 1.08. The molecule has 0 saturated heterocycles. The molecule has 5 nitrogen and oxygen atoms in total. The van der Waals surface area contributed by atoms with Gasteiger partial charge in [-0.1, -0.05) is 20.3 Å². The van der Waals surface area contributed by atoms with Gasteiger partial charge in [0.25, 0.3) is 0 Å². The molecule has 2 atom stereocenters. The van der Waals surface area contributed by atoms with Crippen LogP contribution in [-0.2, 0) is 14.3 Å². The van der Waals surface area contributed by atoms with Gasteiger partial charge in [0.1, 0.15) is 12.6 Å². The first-order valence-electron chi connectivity index (χ1n) is 4.60. The van der Waals surface area contributed by atoms with E-state index < -0.39 is 11.9 Å². The maximum atomic E-state index is 11.1. The van der Waals surface area contributed by atoms with Gasteiger partial charge in [0.05, 0.1) is 0 Å². The second kappa shape index (κ2) is 6.37. The second-order valence-electron chi connectivity index (χ2n) is 3.27. The lowest BCUT2D eigenvalue weighted by atomic mass is 9.99. The van der Waals surface area contributed by atoms with Gasteiger partial charge in [0, 0.05) is 7.11 Å². The molecule has 0 spiro atoms. The molecule has 82 valence electrons. The van der Waals surface area contributed by atoms with Crippen LogP contribution in [0, 0.1) is 5.92 Å². The van der Waals surface area contributed by atoms with Crippen molar-refractivity contribution < 1.29 is 14.3 Å². The van der Waals surface area contributed by atoms with Gasteiger partial charge in [-0.05, 0) is 5.92 Å². The van der Waals surface area contributed by atoms with E-state index in [1.807, 2.05) is 13.8 Å². The Hall–Kier alpha value is -1.10. The van der Waals surface area contributed by atoms with E-state index in [0.717, 1.165) is 6.42 Å². The number of hydrogen-bond acceptors (Lipinski definition) is 3. The van der Waals surface area contributed by atoms with Crippen molar-refractivity contribution >= 4 is 11.8 Å². The van der Waals surface area contributed by atoms with E-state index in [2.05, 4.69) is 10.1 Å². The predicted octanol–water partition coefficient (Wildman–Crippen LogP) is -0.351. The number of carbonyl (C=O) groups is 2. The normalized spacial score (nSPS) is 14.5. The van der Waals surface area contributed by atoms with Crippen LogP contribution in [0.2, 0.25) is 0 Å². The van der Waals surface area contributed by atoms with Crippen molar-refractivity contribution in [1.82, 2.24) is 5.32 Å². The van der Waals surface area contributed by atoms with Crippen molar-refractivity contribution in [3.63, 3.8) is 0 Å². The van der Waals surface area contributed by atoms with Gasteiger partial charge >= 0.3 is 0 Å². The highest BCUT2D eigenvalue weighted by Crippen LogP contribution is 2.06. The summed E-state index contributed by atoms with van der Waals surface area (Å²) >= 11 is 0. The van der Waals surface area contributed by atoms with Gasteiger partial charge in [-0.25, -0.2) is 0 Å². The lowest BCUT2D eigenvalue weighted by Crippen LogP contribution is -2.49. The van der Waals surface area contributed by atoms with Gasteiger partial charge in [0.15, 0.2) is 0 Å². The first-order chi connectivity index (χ1) is 6.52. The van der Waals surface area contributed by atoms with Gasteiger partial charge in [0.2, 0.25) is 11.8 Å². The molecule has 0 bridgehead atoms. The first-order valence-corrected chi connectivity index (χ1v) is 4.60. The minimum absolute atomic E-state index is 0.0355. The zero-order valence-electron chi connectivity index (χ0n) is 8.87. The summed E-state index contributed by atoms with van der Waals surface area (Å²) in [7, 11) is 1.42. The fraction of sp³-hybridized carbons (Fsp3) is 0.778. The van der Waals surface area contributed by atoms with Gasteiger partial charge in [-0.3, -0.25) is 9.59 Å². The molecule has 0 radical (unpaired) electrons. The summed E-state index contributed by atoms with van der Waals surface area (Å²) in [6.45, 7) is 3.74. The third-order valence-electron chi connectivity index (χ3n) is 2.11. The third kappa shape index (κ3) is 4.23. The van der Waals surface area contributed by atoms with E-state index in [1.54, 1.807) is 0 Å². The van der Waals surface area contributed by atoms with Crippen LogP contribution in [-0.4, -0.2) is 31.6 Å². The van der Waals surface area contributed by atoms with Crippen LogP contribution in [0.1, 0.15) is 20.3 Å². The minimum atomic E-state index is -0.609. The molecule has 0 aromatic rings. The fourth-order valence-electron chi connectivity index (χ4n) is 1.08. The molecule has 0 heterocycles. The molecular formula is C9H18N2O3. The van der Waals surface area contributed by atoms with E-state index in [9.17, 15) is 9.59 Å². The number of nitrogens with two attached hydrogens (primary N) is 1. The highest BCUT2D eigenvalue weighted by atomic mass is 16.5. The van der Waals surface area contributed by atoms with Gasteiger partial charge in [-0.15, -0.1) is 0 Å². The third-order valence-corrected chi connectivity index (χ3v) is 2.11. The zero-order chi connectivity index (χ0) is 11.1. The average Bonchev–Trinajstić information content (AvgIpc) is 2.13. The van der Waals surface area contributed by atoms with Crippen LogP contribution in [0.25, 0.3) is 0 Å². The number of nitrogens with one attached hydrogen (secondary N) is 1. The smallest absolute Gasteiger partial charge is 0.246 e. The highest BCUT2D eigenvalue weighted by molar-refractivity contribution is 5.87. The Morgan fingerprint density at radius 2 is 2.07 bits per heavy atom. The lowest BCUT2D eigenvalue weighted by molar-refractivity contribution is -0.130. The number of methoxy groups -OCH3 is 1.